The second-order valence-corrected chi connectivity index (χ2v) is 4.89. The average Bonchev–Trinajstić information content (AvgIpc) is 2.58. The lowest BCUT2D eigenvalue weighted by atomic mass is 10.2. The molecule has 2 aromatic rings. The summed E-state index contributed by atoms with van der Waals surface area (Å²) < 4.78 is 37.2. The smallest absolute Gasteiger partial charge is 0.344 e. The van der Waals surface area contributed by atoms with Crippen LogP contribution in [0.25, 0.3) is 0 Å². The van der Waals surface area contributed by atoms with Crippen LogP contribution in [-0.4, -0.2) is 16.8 Å². The first-order chi connectivity index (χ1) is 11.4. The lowest BCUT2D eigenvalue weighted by Gasteiger charge is -2.08. The van der Waals surface area contributed by atoms with Crippen molar-refractivity contribution in [2.24, 2.45) is 0 Å². The number of carbonyl (C=O) groups is 2. The van der Waals surface area contributed by atoms with Crippen molar-refractivity contribution in [3.8, 4) is 0 Å². The number of alkyl halides is 3. The number of hydrogen-bond acceptors (Lipinski definition) is 3. The molecule has 1 heterocycles. The maximum Gasteiger partial charge on any atom is 0.417 e. The number of benzene rings is 1. The van der Waals surface area contributed by atoms with Crippen LogP contribution in [0.2, 0.25) is 0 Å². The molecular formula is C16H14F3N3O2. The molecule has 2 rings (SSSR count). The number of nitrogens with one attached hydrogen (secondary N) is 2. The van der Waals surface area contributed by atoms with E-state index in [4.69, 9.17) is 0 Å². The summed E-state index contributed by atoms with van der Waals surface area (Å²) in [5, 5.41) is 4.74. The molecule has 0 aliphatic heterocycles. The van der Waals surface area contributed by atoms with Crippen molar-refractivity contribution in [3.05, 3.63) is 65.5 Å². The molecule has 5 nitrogen and oxygen atoms in total. The van der Waals surface area contributed by atoms with Gasteiger partial charge in [-0.3, -0.25) is 14.6 Å². The van der Waals surface area contributed by atoms with Gasteiger partial charge in [0.2, 0.25) is 0 Å². The van der Waals surface area contributed by atoms with Crippen molar-refractivity contribution >= 4 is 11.8 Å². The quantitative estimate of drug-likeness (QED) is 0.839. The predicted molar refractivity (Wildman–Crippen MR) is 79.4 cm³/mol. The van der Waals surface area contributed by atoms with E-state index >= 15 is 0 Å². The van der Waals surface area contributed by atoms with Crippen LogP contribution < -0.4 is 10.6 Å². The highest BCUT2D eigenvalue weighted by Crippen LogP contribution is 2.28. The first kappa shape index (κ1) is 17.5. The maximum atomic E-state index is 12.4. The molecule has 0 radical (unpaired) electrons. The highest BCUT2D eigenvalue weighted by molar-refractivity contribution is 6.35. The highest BCUT2D eigenvalue weighted by atomic mass is 19.4. The molecule has 126 valence electrons. The molecule has 0 bridgehead atoms. The Hall–Kier alpha value is -2.90. The maximum absolute atomic E-state index is 12.4. The van der Waals surface area contributed by atoms with E-state index in [9.17, 15) is 22.8 Å². The molecule has 0 saturated carbocycles. The van der Waals surface area contributed by atoms with E-state index in [1.165, 1.54) is 0 Å². The summed E-state index contributed by atoms with van der Waals surface area (Å²) in [7, 11) is 0. The Balaban J connectivity index is 1.81. The van der Waals surface area contributed by atoms with Crippen LogP contribution in [0.5, 0.6) is 0 Å². The largest absolute Gasteiger partial charge is 0.417 e. The minimum atomic E-state index is -4.47. The highest BCUT2D eigenvalue weighted by Gasteiger charge is 2.30. The Morgan fingerprint density at radius 3 is 2.08 bits per heavy atom. The van der Waals surface area contributed by atoms with Gasteiger partial charge in [0.25, 0.3) is 0 Å². The van der Waals surface area contributed by atoms with Gasteiger partial charge in [0.05, 0.1) is 17.8 Å². The number of halogens is 3. The van der Waals surface area contributed by atoms with Crippen LogP contribution >= 0.6 is 0 Å². The molecule has 1 aromatic carbocycles. The summed E-state index contributed by atoms with van der Waals surface area (Å²) in [6, 6.07) is 11.0. The van der Waals surface area contributed by atoms with E-state index in [1.54, 1.807) is 24.3 Å². The molecule has 0 atom stereocenters. The van der Waals surface area contributed by atoms with Crippen LogP contribution in [0.4, 0.5) is 13.2 Å². The zero-order chi connectivity index (χ0) is 17.6. The van der Waals surface area contributed by atoms with Gasteiger partial charge in [0.1, 0.15) is 0 Å². The van der Waals surface area contributed by atoms with E-state index in [0.29, 0.717) is 6.20 Å². The van der Waals surface area contributed by atoms with E-state index < -0.39 is 23.6 Å². The molecule has 0 fully saturated rings. The van der Waals surface area contributed by atoms with Gasteiger partial charge in [-0.15, -0.1) is 0 Å². The molecule has 0 spiro atoms. The normalized spacial score (nSPS) is 11.0. The SMILES string of the molecule is O=C(NCc1ccccc1)C(=O)NCc1ccc(C(F)(F)F)cn1. The lowest BCUT2D eigenvalue weighted by Crippen LogP contribution is -2.39. The topological polar surface area (TPSA) is 71.1 Å². The van der Waals surface area contributed by atoms with Gasteiger partial charge in [0.15, 0.2) is 0 Å². The molecule has 8 heteroatoms. The minimum absolute atomic E-state index is 0.143. The van der Waals surface area contributed by atoms with Gasteiger partial charge in [-0.05, 0) is 17.7 Å². The van der Waals surface area contributed by atoms with Gasteiger partial charge >= 0.3 is 18.0 Å². The summed E-state index contributed by atoms with van der Waals surface area (Å²) in [6.07, 6.45) is -3.79. The average molecular weight is 337 g/mol. The Morgan fingerprint density at radius 2 is 1.54 bits per heavy atom. The molecule has 2 amide bonds. The summed E-state index contributed by atoms with van der Waals surface area (Å²) in [5.41, 5.74) is 0.174. The van der Waals surface area contributed by atoms with Crippen molar-refractivity contribution in [2.75, 3.05) is 0 Å². The Morgan fingerprint density at radius 1 is 0.917 bits per heavy atom. The van der Waals surface area contributed by atoms with Crippen molar-refractivity contribution in [1.29, 1.82) is 0 Å². The second-order valence-electron chi connectivity index (χ2n) is 4.89. The standard InChI is InChI=1S/C16H14F3N3O2/c17-16(18,19)12-6-7-13(20-9-12)10-22-15(24)14(23)21-8-11-4-2-1-3-5-11/h1-7,9H,8,10H2,(H,21,23)(H,22,24). The fourth-order valence-electron chi connectivity index (χ4n) is 1.81. The van der Waals surface area contributed by atoms with E-state index in [-0.39, 0.29) is 18.8 Å². The number of carbonyl (C=O) groups excluding carboxylic acids is 2. The number of hydrogen-bond donors (Lipinski definition) is 2. The second kappa shape index (κ2) is 7.58. The van der Waals surface area contributed by atoms with E-state index in [1.807, 2.05) is 6.07 Å². The summed E-state index contributed by atoms with van der Waals surface area (Å²) in [4.78, 5) is 26.9. The van der Waals surface area contributed by atoms with Crippen LogP contribution in [0.15, 0.2) is 48.7 Å². The number of rotatable bonds is 4. The molecular weight excluding hydrogens is 323 g/mol. The minimum Gasteiger partial charge on any atom is -0.344 e. The molecule has 1 aromatic heterocycles. The first-order valence-electron chi connectivity index (χ1n) is 6.98. The summed E-state index contributed by atoms with van der Waals surface area (Å²) in [6.45, 7) is 0.0569. The fraction of sp³-hybridized carbons (Fsp3) is 0.188. The number of pyridine rings is 1. The number of nitrogens with zero attached hydrogens (tertiary/aromatic N) is 1. The van der Waals surface area contributed by atoms with Crippen molar-refractivity contribution in [1.82, 2.24) is 15.6 Å². The Kier molecular flexibility index (Phi) is 5.51. The van der Waals surface area contributed by atoms with Crippen LogP contribution in [0, 0.1) is 0 Å². The third-order valence-corrected chi connectivity index (χ3v) is 3.08. The molecule has 0 aliphatic rings. The third-order valence-electron chi connectivity index (χ3n) is 3.08. The zero-order valence-corrected chi connectivity index (χ0v) is 12.4. The Labute approximate surface area is 135 Å². The monoisotopic (exact) mass is 337 g/mol. The number of amides is 2. The van der Waals surface area contributed by atoms with Crippen LogP contribution in [0.3, 0.4) is 0 Å². The predicted octanol–water partition coefficient (Wildman–Crippen LogP) is 2.03. The fourth-order valence-corrected chi connectivity index (χ4v) is 1.81. The van der Waals surface area contributed by atoms with E-state index in [2.05, 4.69) is 15.6 Å². The lowest BCUT2D eigenvalue weighted by molar-refractivity contribution is -0.139. The van der Waals surface area contributed by atoms with Crippen molar-refractivity contribution < 1.29 is 22.8 Å². The van der Waals surface area contributed by atoms with Gasteiger partial charge in [-0.25, -0.2) is 0 Å². The third kappa shape index (κ3) is 5.08. The van der Waals surface area contributed by atoms with Crippen LogP contribution in [-0.2, 0) is 28.9 Å². The van der Waals surface area contributed by atoms with Gasteiger partial charge in [-0.1, -0.05) is 30.3 Å². The number of aromatic nitrogens is 1. The van der Waals surface area contributed by atoms with Crippen molar-refractivity contribution in [3.63, 3.8) is 0 Å². The Bertz CT molecular complexity index is 701. The van der Waals surface area contributed by atoms with Crippen molar-refractivity contribution in [2.45, 2.75) is 19.3 Å². The zero-order valence-electron chi connectivity index (χ0n) is 12.4. The molecule has 2 N–H and O–H groups in total. The van der Waals surface area contributed by atoms with Crippen LogP contribution in [0.1, 0.15) is 16.8 Å². The molecule has 0 saturated heterocycles. The first-order valence-corrected chi connectivity index (χ1v) is 6.98. The van der Waals surface area contributed by atoms with Gasteiger partial charge in [-0.2, -0.15) is 13.2 Å². The summed E-state index contributed by atoms with van der Waals surface area (Å²) >= 11 is 0. The molecule has 24 heavy (non-hydrogen) atoms. The van der Waals surface area contributed by atoms with E-state index in [0.717, 1.165) is 17.7 Å². The molecule has 0 unspecified atom stereocenters. The van der Waals surface area contributed by atoms with Gasteiger partial charge in [0, 0.05) is 12.7 Å². The van der Waals surface area contributed by atoms with Gasteiger partial charge < -0.3 is 10.6 Å². The molecule has 0 aliphatic carbocycles. The summed E-state index contributed by atoms with van der Waals surface area (Å²) in [5.74, 6) is -1.71.